The first-order chi connectivity index (χ1) is 14.8. The maximum Gasteiger partial charge on any atom is 0.338 e. The molecule has 0 aliphatic carbocycles. The molecule has 3 rings (SSSR count). The van der Waals surface area contributed by atoms with Gasteiger partial charge in [0.05, 0.1) is 31.6 Å². The van der Waals surface area contributed by atoms with E-state index in [1.807, 2.05) is 0 Å². The Morgan fingerprint density at radius 1 is 1.03 bits per heavy atom. The van der Waals surface area contributed by atoms with Gasteiger partial charge in [-0.3, -0.25) is 9.59 Å². The summed E-state index contributed by atoms with van der Waals surface area (Å²) < 4.78 is 15.7. The lowest BCUT2D eigenvalue weighted by molar-refractivity contribution is -0.120. The smallest absolute Gasteiger partial charge is 0.338 e. The van der Waals surface area contributed by atoms with E-state index in [0.29, 0.717) is 22.7 Å². The molecule has 0 aromatic heterocycles. The highest BCUT2D eigenvalue weighted by Gasteiger charge is 2.40. The molecule has 2 amide bonds. The highest BCUT2D eigenvalue weighted by atomic mass is 35.5. The topological polar surface area (TPSA) is 94.2 Å². The summed E-state index contributed by atoms with van der Waals surface area (Å²) in [5.74, 6) is -1.15. The Labute approximate surface area is 184 Å². The average Bonchev–Trinajstić information content (AvgIpc) is 2.96. The second-order valence-corrected chi connectivity index (χ2v) is 7.21. The largest absolute Gasteiger partial charge is 0.497 e. The van der Waals surface area contributed by atoms with Crippen LogP contribution >= 0.6 is 11.6 Å². The first-order valence-corrected chi connectivity index (χ1v) is 9.73. The normalized spacial score (nSPS) is 13.7. The van der Waals surface area contributed by atoms with Crippen LogP contribution in [0.15, 0.2) is 53.2 Å². The Balaban J connectivity index is 1.91. The van der Waals surface area contributed by atoms with E-state index in [-0.39, 0.29) is 22.5 Å². The monoisotopic (exact) mass is 444 g/mol. The number of amides is 2. The summed E-state index contributed by atoms with van der Waals surface area (Å²) >= 11 is 6.20. The third-order valence-electron chi connectivity index (χ3n) is 4.36. The standard InChI is InChI=1S/C22H21ClN2O6/c1-12(2)31-22(28)13-6-5-7-14(10-13)24-19-18(23)20(26)25(21(19)27)16-11-15(29-3)8-9-17(16)30-4/h5-12,24H,1-4H3. The molecule has 1 heterocycles. The Hall–Kier alpha value is -3.52. The maximum atomic E-state index is 13.1. The zero-order valence-electron chi connectivity index (χ0n) is 17.4. The van der Waals surface area contributed by atoms with Crippen LogP contribution in [0.5, 0.6) is 11.5 Å². The second-order valence-electron chi connectivity index (χ2n) is 6.83. The summed E-state index contributed by atoms with van der Waals surface area (Å²) in [6.45, 7) is 3.49. The number of halogens is 1. The van der Waals surface area contributed by atoms with Crippen molar-refractivity contribution in [1.82, 2.24) is 0 Å². The fourth-order valence-corrected chi connectivity index (χ4v) is 3.16. The number of rotatable bonds is 7. The molecule has 8 nitrogen and oxygen atoms in total. The molecule has 1 aliphatic heterocycles. The number of carbonyl (C=O) groups excluding carboxylic acids is 3. The van der Waals surface area contributed by atoms with Crippen LogP contribution in [0, 0.1) is 0 Å². The number of nitrogens with one attached hydrogen (secondary N) is 1. The van der Waals surface area contributed by atoms with Gasteiger partial charge in [-0.05, 0) is 44.2 Å². The van der Waals surface area contributed by atoms with Crippen molar-refractivity contribution >= 4 is 40.8 Å². The summed E-state index contributed by atoms with van der Waals surface area (Å²) in [7, 11) is 2.89. The van der Waals surface area contributed by atoms with Crippen LogP contribution in [0.2, 0.25) is 0 Å². The molecule has 0 spiro atoms. The number of benzene rings is 2. The number of ether oxygens (including phenoxy) is 3. The van der Waals surface area contributed by atoms with E-state index in [1.54, 1.807) is 44.2 Å². The fraction of sp³-hybridized carbons (Fsp3) is 0.227. The van der Waals surface area contributed by atoms with Crippen LogP contribution in [0.25, 0.3) is 0 Å². The minimum atomic E-state index is -0.712. The van der Waals surface area contributed by atoms with Gasteiger partial charge in [0.25, 0.3) is 11.8 Å². The van der Waals surface area contributed by atoms with E-state index in [9.17, 15) is 14.4 Å². The van der Waals surface area contributed by atoms with Crippen molar-refractivity contribution in [2.75, 3.05) is 24.4 Å². The number of nitrogens with zero attached hydrogens (tertiary/aromatic N) is 1. The molecule has 31 heavy (non-hydrogen) atoms. The zero-order chi connectivity index (χ0) is 22.7. The molecule has 0 atom stereocenters. The summed E-state index contributed by atoms with van der Waals surface area (Å²) in [5.41, 5.74) is 0.762. The number of carbonyl (C=O) groups is 3. The van der Waals surface area contributed by atoms with Gasteiger partial charge in [0.15, 0.2) is 0 Å². The third-order valence-corrected chi connectivity index (χ3v) is 4.72. The predicted molar refractivity (Wildman–Crippen MR) is 116 cm³/mol. The van der Waals surface area contributed by atoms with Gasteiger partial charge in [-0.2, -0.15) is 0 Å². The van der Waals surface area contributed by atoms with Gasteiger partial charge in [0.1, 0.15) is 22.2 Å². The van der Waals surface area contributed by atoms with Crippen LogP contribution < -0.4 is 19.7 Å². The minimum absolute atomic E-state index is 0.120. The molecular weight excluding hydrogens is 424 g/mol. The maximum absolute atomic E-state index is 13.1. The van der Waals surface area contributed by atoms with Crippen molar-refractivity contribution in [2.24, 2.45) is 0 Å². The van der Waals surface area contributed by atoms with E-state index >= 15 is 0 Å². The van der Waals surface area contributed by atoms with Gasteiger partial charge >= 0.3 is 5.97 Å². The number of imide groups is 1. The predicted octanol–water partition coefficient (Wildman–Crippen LogP) is 3.70. The first kappa shape index (κ1) is 22.2. The van der Waals surface area contributed by atoms with E-state index in [2.05, 4.69) is 5.32 Å². The van der Waals surface area contributed by atoms with Gasteiger partial charge in [-0.15, -0.1) is 0 Å². The van der Waals surface area contributed by atoms with Gasteiger partial charge < -0.3 is 19.5 Å². The molecule has 0 saturated carbocycles. The summed E-state index contributed by atoms with van der Waals surface area (Å²) in [4.78, 5) is 38.9. The van der Waals surface area contributed by atoms with Crippen LogP contribution in [0.4, 0.5) is 11.4 Å². The molecule has 162 valence electrons. The SMILES string of the molecule is COc1ccc(OC)c(N2C(=O)C(Cl)=C(Nc3cccc(C(=O)OC(C)C)c3)C2=O)c1. The van der Waals surface area contributed by atoms with Crippen LogP contribution in [-0.4, -0.2) is 38.1 Å². The molecule has 1 aliphatic rings. The van der Waals surface area contributed by atoms with Crippen LogP contribution in [0.3, 0.4) is 0 Å². The van der Waals surface area contributed by atoms with E-state index in [0.717, 1.165) is 4.90 Å². The molecule has 0 radical (unpaired) electrons. The van der Waals surface area contributed by atoms with E-state index in [4.69, 9.17) is 25.8 Å². The van der Waals surface area contributed by atoms with E-state index < -0.39 is 17.8 Å². The highest BCUT2D eigenvalue weighted by Crippen LogP contribution is 2.37. The minimum Gasteiger partial charge on any atom is -0.497 e. The van der Waals surface area contributed by atoms with Gasteiger partial charge in [0.2, 0.25) is 0 Å². The number of methoxy groups -OCH3 is 2. The quantitative estimate of drug-likeness (QED) is 0.514. The van der Waals surface area contributed by atoms with E-state index in [1.165, 1.54) is 26.4 Å². The molecule has 0 bridgehead atoms. The molecule has 0 unspecified atom stereocenters. The lowest BCUT2D eigenvalue weighted by atomic mass is 10.2. The lowest BCUT2D eigenvalue weighted by Crippen LogP contribution is -2.32. The number of hydrogen-bond donors (Lipinski definition) is 1. The Morgan fingerprint density at radius 3 is 2.42 bits per heavy atom. The van der Waals surface area contributed by atoms with Crippen molar-refractivity contribution in [3.05, 3.63) is 58.8 Å². The first-order valence-electron chi connectivity index (χ1n) is 9.35. The molecule has 2 aromatic rings. The van der Waals surface area contributed by atoms with Crippen molar-refractivity contribution < 1.29 is 28.6 Å². The van der Waals surface area contributed by atoms with Crippen molar-refractivity contribution in [1.29, 1.82) is 0 Å². The summed E-state index contributed by atoms with van der Waals surface area (Å²) in [6, 6.07) is 11.1. The second kappa shape index (κ2) is 9.09. The fourth-order valence-electron chi connectivity index (χ4n) is 2.95. The Kier molecular flexibility index (Phi) is 6.50. The number of esters is 1. The molecule has 1 N–H and O–H groups in total. The Morgan fingerprint density at radius 2 is 1.77 bits per heavy atom. The highest BCUT2D eigenvalue weighted by molar-refractivity contribution is 6.53. The molecular formula is C22H21ClN2O6. The molecule has 0 fully saturated rings. The van der Waals surface area contributed by atoms with Gasteiger partial charge in [-0.25, -0.2) is 9.69 Å². The Bertz CT molecular complexity index is 1080. The molecule has 9 heteroatoms. The summed E-state index contributed by atoms with van der Waals surface area (Å²) in [5, 5.41) is 2.55. The van der Waals surface area contributed by atoms with Gasteiger partial charge in [0, 0.05) is 11.8 Å². The van der Waals surface area contributed by atoms with Crippen molar-refractivity contribution in [2.45, 2.75) is 20.0 Å². The zero-order valence-corrected chi connectivity index (χ0v) is 18.1. The lowest BCUT2D eigenvalue weighted by Gasteiger charge is -2.19. The van der Waals surface area contributed by atoms with Crippen LogP contribution in [-0.2, 0) is 14.3 Å². The number of hydrogen-bond acceptors (Lipinski definition) is 7. The number of anilines is 2. The van der Waals surface area contributed by atoms with Crippen molar-refractivity contribution in [3.63, 3.8) is 0 Å². The van der Waals surface area contributed by atoms with Crippen LogP contribution in [0.1, 0.15) is 24.2 Å². The average molecular weight is 445 g/mol. The van der Waals surface area contributed by atoms with Crippen molar-refractivity contribution in [3.8, 4) is 11.5 Å². The summed E-state index contributed by atoms with van der Waals surface area (Å²) in [6.07, 6.45) is -0.276. The third kappa shape index (κ3) is 4.49. The molecule has 2 aromatic carbocycles. The van der Waals surface area contributed by atoms with Gasteiger partial charge in [-0.1, -0.05) is 17.7 Å². The molecule has 0 saturated heterocycles.